The number of nitrogens with one attached hydrogen (secondary N) is 2. The number of fused-ring (bicyclic) bond motifs is 2. The number of nitrogens with zero attached hydrogens (tertiary/aromatic N) is 6. The molecule has 10 heteroatoms. The first-order valence-electron chi connectivity index (χ1n) is 13.7. The van der Waals surface area contributed by atoms with Gasteiger partial charge in [0.05, 0.1) is 17.3 Å². The Kier molecular flexibility index (Phi) is 6.28. The molecular weight excluding hydrogens is 504 g/mol. The van der Waals surface area contributed by atoms with Gasteiger partial charge in [-0.25, -0.2) is 9.97 Å². The van der Waals surface area contributed by atoms with Gasteiger partial charge in [0.15, 0.2) is 11.5 Å². The number of carbonyl (C=O) groups is 1. The van der Waals surface area contributed by atoms with Gasteiger partial charge in [-0.05, 0) is 55.9 Å². The van der Waals surface area contributed by atoms with Gasteiger partial charge >= 0.3 is 11.8 Å². The van der Waals surface area contributed by atoms with Crippen molar-refractivity contribution in [1.29, 1.82) is 0 Å². The minimum Gasteiger partial charge on any atom is -0.341 e. The Bertz CT molecular complexity index is 1740. The van der Waals surface area contributed by atoms with Crippen molar-refractivity contribution in [3.05, 3.63) is 64.7 Å². The third-order valence-corrected chi connectivity index (χ3v) is 7.75. The Labute approximate surface area is 232 Å². The normalized spacial score (nSPS) is 15.7. The first-order valence-corrected chi connectivity index (χ1v) is 13.7. The van der Waals surface area contributed by atoms with Gasteiger partial charge in [-0.2, -0.15) is 10.1 Å². The Morgan fingerprint density at radius 2 is 1.98 bits per heavy atom. The number of pyridine rings is 1. The van der Waals surface area contributed by atoms with Crippen LogP contribution in [0, 0.1) is 13.8 Å². The minimum absolute atomic E-state index is 0.0000502. The van der Waals surface area contributed by atoms with Gasteiger partial charge in [-0.3, -0.25) is 9.48 Å². The van der Waals surface area contributed by atoms with E-state index in [1.807, 2.05) is 58.6 Å². The summed E-state index contributed by atoms with van der Waals surface area (Å²) >= 11 is 0. The number of aryl methyl sites for hydroxylation is 3. The molecule has 1 aliphatic carbocycles. The number of imidazole rings is 1. The Balaban J connectivity index is 1.32. The van der Waals surface area contributed by atoms with Crippen LogP contribution in [0.2, 0.25) is 0 Å². The molecule has 10 nitrogen and oxygen atoms in total. The van der Waals surface area contributed by atoms with E-state index in [-0.39, 0.29) is 23.3 Å². The molecule has 0 bridgehead atoms. The molecule has 40 heavy (non-hydrogen) atoms. The molecule has 0 spiro atoms. The molecule has 0 fully saturated rings. The van der Waals surface area contributed by atoms with Gasteiger partial charge < -0.3 is 14.8 Å². The van der Waals surface area contributed by atoms with E-state index in [0.29, 0.717) is 5.82 Å². The average molecular weight is 539 g/mol. The third kappa shape index (κ3) is 4.57. The van der Waals surface area contributed by atoms with Crippen molar-refractivity contribution in [2.75, 3.05) is 0 Å². The van der Waals surface area contributed by atoms with E-state index in [1.54, 1.807) is 0 Å². The maximum Gasteiger partial charge on any atom is 0.315 e. The number of aromatic nitrogens is 7. The summed E-state index contributed by atoms with van der Waals surface area (Å²) in [5.41, 5.74) is 8.68. The van der Waals surface area contributed by atoms with Crippen molar-refractivity contribution in [2.45, 2.75) is 71.8 Å². The van der Waals surface area contributed by atoms with Crippen molar-refractivity contribution in [2.24, 2.45) is 7.05 Å². The second-order valence-corrected chi connectivity index (χ2v) is 11.7. The molecule has 4 heterocycles. The van der Waals surface area contributed by atoms with Gasteiger partial charge in [-0.15, -0.1) is 0 Å². The van der Waals surface area contributed by atoms with E-state index in [4.69, 9.17) is 9.51 Å². The zero-order valence-electron chi connectivity index (χ0n) is 23.8. The molecule has 1 amide bonds. The van der Waals surface area contributed by atoms with Crippen LogP contribution in [0.4, 0.5) is 0 Å². The van der Waals surface area contributed by atoms with Crippen LogP contribution in [0.3, 0.4) is 0 Å². The lowest BCUT2D eigenvalue weighted by molar-refractivity contribution is 0.0890. The van der Waals surface area contributed by atoms with Crippen molar-refractivity contribution in [1.82, 2.24) is 40.2 Å². The Hall–Kier alpha value is -4.34. The van der Waals surface area contributed by atoms with Crippen LogP contribution in [0.25, 0.3) is 33.7 Å². The summed E-state index contributed by atoms with van der Waals surface area (Å²) in [7, 11) is 1.94. The molecule has 0 unspecified atom stereocenters. The van der Waals surface area contributed by atoms with Crippen LogP contribution in [-0.4, -0.2) is 40.8 Å². The highest BCUT2D eigenvalue weighted by Gasteiger charge is 2.27. The highest BCUT2D eigenvalue weighted by Crippen LogP contribution is 2.35. The standard InChI is InChI=1S/C30H34N8O2/c1-16-23(17(2)38(6)36-16)25-33-24-21(13-14-31-26(24)34-25)19-11-12-20-18(15-19)9-7-8-10-22(20)32-27(39)28-35-29(37-40-28)30(3,4)5/h11-15,22H,7-10H2,1-6H3,(H,32,39)(H,31,33,34)/t22-/m0/s1. The summed E-state index contributed by atoms with van der Waals surface area (Å²) in [5.74, 6) is 0.944. The molecule has 1 atom stereocenters. The first kappa shape index (κ1) is 25.9. The van der Waals surface area contributed by atoms with Crippen molar-refractivity contribution in [3.63, 3.8) is 0 Å². The van der Waals surface area contributed by atoms with E-state index >= 15 is 0 Å². The quantitative estimate of drug-likeness (QED) is 0.288. The number of carbonyl (C=O) groups excluding carboxylic acids is 1. The van der Waals surface area contributed by atoms with Crippen LogP contribution < -0.4 is 5.32 Å². The molecule has 206 valence electrons. The number of hydrogen-bond acceptors (Lipinski definition) is 7. The summed E-state index contributed by atoms with van der Waals surface area (Å²) in [4.78, 5) is 30.3. The molecule has 4 aromatic heterocycles. The van der Waals surface area contributed by atoms with Crippen molar-refractivity contribution < 1.29 is 9.32 Å². The number of aromatic amines is 1. The maximum absolute atomic E-state index is 13.0. The molecule has 1 aromatic carbocycles. The number of amides is 1. The van der Waals surface area contributed by atoms with Crippen LogP contribution in [0.15, 0.2) is 35.0 Å². The minimum atomic E-state index is -0.342. The lowest BCUT2D eigenvalue weighted by atomic mass is 9.94. The highest BCUT2D eigenvalue weighted by atomic mass is 16.5. The van der Waals surface area contributed by atoms with Crippen molar-refractivity contribution in [3.8, 4) is 22.5 Å². The largest absolute Gasteiger partial charge is 0.341 e. The van der Waals surface area contributed by atoms with Crippen LogP contribution in [0.1, 0.15) is 85.1 Å². The molecule has 6 rings (SSSR count). The van der Waals surface area contributed by atoms with E-state index in [0.717, 1.165) is 76.3 Å². The predicted molar refractivity (Wildman–Crippen MR) is 152 cm³/mol. The smallest absolute Gasteiger partial charge is 0.315 e. The number of benzene rings is 1. The molecule has 0 saturated heterocycles. The summed E-state index contributed by atoms with van der Waals surface area (Å²) in [6.45, 7) is 9.99. The van der Waals surface area contributed by atoms with E-state index in [9.17, 15) is 4.79 Å². The van der Waals surface area contributed by atoms with Crippen LogP contribution >= 0.6 is 0 Å². The fraction of sp³-hybridized carbons (Fsp3) is 0.400. The zero-order chi connectivity index (χ0) is 28.2. The van der Waals surface area contributed by atoms with Crippen LogP contribution in [-0.2, 0) is 18.9 Å². The summed E-state index contributed by atoms with van der Waals surface area (Å²) < 4.78 is 7.16. The van der Waals surface area contributed by atoms with E-state index in [1.165, 1.54) is 5.56 Å². The molecule has 0 radical (unpaired) electrons. The van der Waals surface area contributed by atoms with Gasteiger partial charge in [-0.1, -0.05) is 50.5 Å². The molecule has 1 aliphatic rings. The summed E-state index contributed by atoms with van der Waals surface area (Å²) in [6.07, 6.45) is 5.67. The monoisotopic (exact) mass is 538 g/mol. The second-order valence-electron chi connectivity index (χ2n) is 11.7. The fourth-order valence-corrected chi connectivity index (χ4v) is 5.52. The van der Waals surface area contributed by atoms with E-state index in [2.05, 4.69) is 48.7 Å². The molecule has 2 N–H and O–H groups in total. The van der Waals surface area contributed by atoms with Gasteiger partial charge in [0.1, 0.15) is 11.3 Å². The lowest BCUT2D eigenvalue weighted by Crippen LogP contribution is -2.29. The first-order chi connectivity index (χ1) is 19.1. The van der Waals surface area contributed by atoms with Gasteiger partial charge in [0.25, 0.3) is 0 Å². The molecule has 0 aliphatic heterocycles. The molecule has 0 saturated carbocycles. The third-order valence-electron chi connectivity index (χ3n) is 7.75. The Morgan fingerprint density at radius 1 is 1.15 bits per heavy atom. The molecular formula is C30H34N8O2. The van der Waals surface area contributed by atoms with E-state index < -0.39 is 0 Å². The molecule has 5 aromatic rings. The zero-order valence-corrected chi connectivity index (χ0v) is 23.8. The SMILES string of the molecule is Cc1nn(C)c(C)c1-c1nc2c(-c3ccc4c(c3)CCCC[C@@H]4NC(=O)c3nc(C(C)(C)C)no3)ccnc2[nH]1. The number of hydrogen-bond donors (Lipinski definition) is 2. The van der Waals surface area contributed by atoms with Gasteiger partial charge in [0, 0.05) is 29.9 Å². The van der Waals surface area contributed by atoms with Crippen LogP contribution in [0.5, 0.6) is 0 Å². The maximum atomic E-state index is 13.0. The van der Waals surface area contributed by atoms with Crippen molar-refractivity contribution >= 4 is 17.1 Å². The number of H-pyrrole nitrogens is 1. The summed E-state index contributed by atoms with van der Waals surface area (Å²) in [5, 5.41) is 11.7. The van der Waals surface area contributed by atoms with Gasteiger partial charge in [0.2, 0.25) is 0 Å². The topological polar surface area (TPSA) is 127 Å². The second kappa shape index (κ2) is 9.69. The predicted octanol–water partition coefficient (Wildman–Crippen LogP) is 5.52. The lowest BCUT2D eigenvalue weighted by Gasteiger charge is -2.19. The Morgan fingerprint density at radius 3 is 2.70 bits per heavy atom. The summed E-state index contributed by atoms with van der Waals surface area (Å²) in [6, 6.07) is 8.35. The highest BCUT2D eigenvalue weighted by molar-refractivity contribution is 5.92. The number of rotatable bonds is 4. The fourth-order valence-electron chi connectivity index (χ4n) is 5.52. The average Bonchev–Trinajstić information content (AvgIpc) is 3.59.